The lowest BCUT2D eigenvalue weighted by molar-refractivity contribution is 0.0956. The molecule has 2 aromatic carbocycles. The number of carbonyl (C=O) groups excluding carboxylic acids is 1. The average Bonchev–Trinajstić information content (AvgIpc) is 2.77. The van der Waals surface area contributed by atoms with Gasteiger partial charge in [0.15, 0.2) is 0 Å². The molecule has 4 nitrogen and oxygen atoms in total. The van der Waals surface area contributed by atoms with E-state index in [0.717, 1.165) is 22.4 Å². The molecule has 0 saturated heterocycles. The van der Waals surface area contributed by atoms with Crippen molar-refractivity contribution >= 4 is 28.5 Å². The van der Waals surface area contributed by atoms with Crippen molar-refractivity contribution in [3.05, 3.63) is 53.1 Å². The SMILES string of the molecule is O=C1NCCn2c(-c3cccc(Cl)c3)nc3cccc1c32. The van der Waals surface area contributed by atoms with E-state index in [9.17, 15) is 4.79 Å². The third kappa shape index (κ3) is 1.91. The highest BCUT2D eigenvalue weighted by atomic mass is 35.5. The molecule has 21 heavy (non-hydrogen) atoms. The van der Waals surface area contributed by atoms with Crippen LogP contribution in [0.2, 0.25) is 5.02 Å². The molecule has 0 atom stereocenters. The Hall–Kier alpha value is -2.33. The van der Waals surface area contributed by atoms with Crippen LogP contribution in [-0.2, 0) is 6.54 Å². The molecule has 0 radical (unpaired) electrons. The lowest BCUT2D eigenvalue weighted by Crippen LogP contribution is -2.24. The number of nitrogens with one attached hydrogen (secondary N) is 1. The number of rotatable bonds is 1. The van der Waals surface area contributed by atoms with Crippen LogP contribution in [-0.4, -0.2) is 22.0 Å². The Balaban J connectivity index is 2.05. The molecule has 0 saturated carbocycles. The summed E-state index contributed by atoms with van der Waals surface area (Å²) in [6, 6.07) is 13.3. The van der Waals surface area contributed by atoms with Gasteiger partial charge in [0.05, 0.1) is 16.6 Å². The molecule has 1 aromatic heterocycles. The van der Waals surface area contributed by atoms with Gasteiger partial charge in [0.1, 0.15) is 5.82 Å². The third-order valence-corrected chi connectivity index (χ3v) is 3.95. The predicted octanol–water partition coefficient (Wildman–Crippen LogP) is 3.10. The highest BCUT2D eigenvalue weighted by molar-refractivity contribution is 6.30. The minimum atomic E-state index is -0.0445. The van der Waals surface area contributed by atoms with Crippen molar-refractivity contribution in [2.45, 2.75) is 6.54 Å². The van der Waals surface area contributed by atoms with Crippen LogP contribution in [0.15, 0.2) is 42.5 Å². The zero-order valence-electron chi connectivity index (χ0n) is 11.1. The Morgan fingerprint density at radius 3 is 2.90 bits per heavy atom. The molecular formula is C16H12ClN3O. The summed E-state index contributed by atoms with van der Waals surface area (Å²) < 4.78 is 2.09. The van der Waals surface area contributed by atoms with E-state index in [1.54, 1.807) is 0 Å². The molecule has 1 aliphatic rings. The summed E-state index contributed by atoms with van der Waals surface area (Å²) in [5.41, 5.74) is 3.35. The van der Waals surface area contributed by atoms with Crippen molar-refractivity contribution in [3.8, 4) is 11.4 Å². The molecule has 0 unspecified atom stereocenters. The van der Waals surface area contributed by atoms with Gasteiger partial charge in [-0.25, -0.2) is 4.98 Å². The van der Waals surface area contributed by atoms with Crippen LogP contribution in [0.5, 0.6) is 0 Å². The molecule has 1 amide bonds. The van der Waals surface area contributed by atoms with Crippen LogP contribution < -0.4 is 5.32 Å². The zero-order valence-corrected chi connectivity index (χ0v) is 11.9. The van der Waals surface area contributed by atoms with E-state index >= 15 is 0 Å². The molecular weight excluding hydrogens is 286 g/mol. The molecule has 0 aliphatic carbocycles. The summed E-state index contributed by atoms with van der Waals surface area (Å²) in [7, 11) is 0. The molecule has 1 aliphatic heterocycles. The number of aromatic nitrogens is 2. The smallest absolute Gasteiger partial charge is 0.253 e. The maximum Gasteiger partial charge on any atom is 0.253 e. The summed E-state index contributed by atoms with van der Waals surface area (Å²) in [6.45, 7) is 1.29. The maximum atomic E-state index is 12.1. The minimum Gasteiger partial charge on any atom is -0.350 e. The number of hydrogen-bond acceptors (Lipinski definition) is 2. The molecule has 4 rings (SSSR count). The van der Waals surface area contributed by atoms with E-state index in [-0.39, 0.29) is 5.91 Å². The van der Waals surface area contributed by atoms with Crippen molar-refractivity contribution in [2.75, 3.05) is 6.54 Å². The van der Waals surface area contributed by atoms with Crippen molar-refractivity contribution in [1.29, 1.82) is 0 Å². The van der Waals surface area contributed by atoms with Gasteiger partial charge in [-0.1, -0.05) is 29.8 Å². The quantitative estimate of drug-likeness (QED) is 0.750. The molecule has 0 fully saturated rings. The second-order valence-corrected chi connectivity index (χ2v) is 5.46. The van der Waals surface area contributed by atoms with E-state index in [2.05, 4.69) is 9.88 Å². The number of hydrogen-bond donors (Lipinski definition) is 1. The summed E-state index contributed by atoms with van der Waals surface area (Å²) in [4.78, 5) is 16.8. The van der Waals surface area contributed by atoms with Gasteiger partial charge >= 0.3 is 0 Å². The predicted molar refractivity (Wildman–Crippen MR) is 82.5 cm³/mol. The second-order valence-electron chi connectivity index (χ2n) is 5.03. The van der Waals surface area contributed by atoms with Crippen LogP contribution in [0.4, 0.5) is 0 Å². The topological polar surface area (TPSA) is 46.9 Å². The largest absolute Gasteiger partial charge is 0.350 e. The Kier molecular flexibility index (Phi) is 2.72. The second kappa shape index (κ2) is 4.60. The summed E-state index contributed by atoms with van der Waals surface area (Å²) in [5, 5.41) is 3.59. The first kappa shape index (κ1) is 12.4. The third-order valence-electron chi connectivity index (χ3n) is 3.72. The van der Waals surface area contributed by atoms with Crippen molar-refractivity contribution in [2.24, 2.45) is 0 Å². The average molecular weight is 298 g/mol. The Morgan fingerprint density at radius 1 is 1.19 bits per heavy atom. The standard InChI is InChI=1S/C16H12ClN3O/c17-11-4-1-3-10(9-11)15-19-13-6-2-5-12-14(13)20(15)8-7-18-16(12)21/h1-6,9H,7-8H2,(H,18,21). The number of imidazole rings is 1. The number of amides is 1. The molecule has 0 bridgehead atoms. The zero-order chi connectivity index (χ0) is 14.4. The molecule has 1 N–H and O–H groups in total. The summed E-state index contributed by atoms with van der Waals surface area (Å²) >= 11 is 6.09. The summed E-state index contributed by atoms with van der Waals surface area (Å²) in [5.74, 6) is 0.799. The first-order valence-electron chi connectivity index (χ1n) is 6.77. The van der Waals surface area contributed by atoms with Crippen LogP contribution >= 0.6 is 11.6 Å². The van der Waals surface area contributed by atoms with Gasteiger partial charge in [0, 0.05) is 23.7 Å². The van der Waals surface area contributed by atoms with Crippen LogP contribution in [0, 0.1) is 0 Å². The lowest BCUT2D eigenvalue weighted by atomic mass is 10.1. The van der Waals surface area contributed by atoms with Gasteiger partial charge in [-0.15, -0.1) is 0 Å². The Bertz CT molecular complexity index is 869. The fourth-order valence-electron chi connectivity index (χ4n) is 2.81. The molecule has 104 valence electrons. The van der Waals surface area contributed by atoms with Gasteiger partial charge in [0.25, 0.3) is 5.91 Å². The van der Waals surface area contributed by atoms with Gasteiger partial charge < -0.3 is 9.88 Å². The van der Waals surface area contributed by atoms with Crippen molar-refractivity contribution in [3.63, 3.8) is 0 Å². The molecule has 5 heteroatoms. The van der Waals surface area contributed by atoms with E-state index in [0.29, 0.717) is 23.7 Å². The van der Waals surface area contributed by atoms with Crippen LogP contribution in [0.25, 0.3) is 22.4 Å². The molecule has 0 spiro atoms. The number of nitrogens with zero attached hydrogens (tertiary/aromatic N) is 2. The number of halogens is 1. The maximum absolute atomic E-state index is 12.1. The van der Waals surface area contributed by atoms with E-state index in [1.807, 2.05) is 42.5 Å². The Morgan fingerprint density at radius 2 is 2.05 bits per heavy atom. The first-order valence-corrected chi connectivity index (χ1v) is 7.15. The highest BCUT2D eigenvalue weighted by Gasteiger charge is 2.21. The Labute approximate surface area is 126 Å². The minimum absolute atomic E-state index is 0.0445. The van der Waals surface area contributed by atoms with Gasteiger partial charge in [-0.3, -0.25) is 4.79 Å². The highest BCUT2D eigenvalue weighted by Crippen LogP contribution is 2.29. The van der Waals surface area contributed by atoms with Crippen molar-refractivity contribution in [1.82, 2.24) is 14.9 Å². The van der Waals surface area contributed by atoms with Gasteiger partial charge in [0.2, 0.25) is 0 Å². The summed E-state index contributed by atoms with van der Waals surface area (Å²) in [6.07, 6.45) is 0. The fraction of sp³-hybridized carbons (Fsp3) is 0.125. The van der Waals surface area contributed by atoms with Crippen LogP contribution in [0.1, 0.15) is 10.4 Å². The first-order chi connectivity index (χ1) is 10.2. The van der Waals surface area contributed by atoms with E-state index in [4.69, 9.17) is 16.6 Å². The number of para-hydroxylation sites is 1. The lowest BCUT2D eigenvalue weighted by Gasteiger charge is -2.07. The monoisotopic (exact) mass is 297 g/mol. The van der Waals surface area contributed by atoms with Crippen molar-refractivity contribution < 1.29 is 4.79 Å². The number of carbonyl (C=O) groups is 1. The molecule has 2 heterocycles. The number of benzene rings is 2. The van der Waals surface area contributed by atoms with E-state index < -0.39 is 0 Å². The molecule has 3 aromatic rings. The fourth-order valence-corrected chi connectivity index (χ4v) is 3.00. The van der Waals surface area contributed by atoms with Crippen LogP contribution in [0.3, 0.4) is 0 Å². The van der Waals surface area contributed by atoms with Gasteiger partial charge in [-0.05, 0) is 24.3 Å². The van der Waals surface area contributed by atoms with Gasteiger partial charge in [-0.2, -0.15) is 0 Å². The normalized spacial score (nSPS) is 14.0. The van der Waals surface area contributed by atoms with E-state index in [1.165, 1.54) is 0 Å².